The molecule has 0 radical (unpaired) electrons. The van der Waals surface area contributed by atoms with E-state index in [-0.39, 0.29) is 23.4 Å². The number of carbonyl (C=O) groups is 1. The van der Waals surface area contributed by atoms with Gasteiger partial charge in [-0.3, -0.25) is 9.48 Å². The maximum Gasteiger partial charge on any atom is 0.234 e. The second-order valence-corrected chi connectivity index (χ2v) is 11.0. The van der Waals surface area contributed by atoms with Gasteiger partial charge in [0, 0.05) is 24.5 Å². The summed E-state index contributed by atoms with van der Waals surface area (Å²) in [5.74, 6) is 0.647. The molecule has 162 valence electrons. The number of fused-ring (bicyclic) bond motifs is 1. The number of ether oxygens (including phenoxy) is 1. The Bertz CT molecular complexity index is 1020. The van der Waals surface area contributed by atoms with Gasteiger partial charge >= 0.3 is 0 Å². The number of hydrogen-bond donors (Lipinski definition) is 1. The number of methoxy groups -OCH3 is 1. The number of amides is 1. The van der Waals surface area contributed by atoms with Crippen LogP contribution in [0.2, 0.25) is 5.02 Å². The molecule has 2 atom stereocenters. The third kappa shape index (κ3) is 2.65. The highest BCUT2D eigenvalue weighted by atomic mass is 35.5. The van der Waals surface area contributed by atoms with Gasteiger partial charge in [-0.1, -0.05) is 18.5 Å². The zero-order valence-corrected chi connectivity index (χ0v) is 19.1. The lowest BCUT2D eigenvalue weighted by atomic mass is 9.54. The zero-order valence-electron chi connectivity index (χ0n) is 18.3. The zero-order chi connectivity index (χ0) is 21.6. The average Bonchev–Trinajstić information content (AvgIpc) is 2.97. The van der Waals surface area contributed by atoms with Crippen LogP contribution in [0.3, 0.4) is 0 Å². The summed E-state index contributed by atoms with van der Waals surface area (Å²) in [6, 6.07) is 3.94. The van der Waals surface area contributed by atoms with Crippen LogP contribution in [-0.4, -0.2) is 50.5 Å². The van der Waals surface area contributed by atoms with Gasteiger partial charge in [-0.2, -0.15) is 5.10 Å². The Kier molecular flexibility index (Phi) is 4.12. The number of nitrogens with zero attached hydrogens (tertiary/aromatic N) is 3. The largest absolute Gasteiger partial charge is 0.495 e. The third-order valence-corrected chi connectivity index (χ3v) is 8.11. The fraction of sp³-hybridized carbons (Fsp3) is 0.652. The van der Waals surface area contributed by atoms with Crippen LogP contribution in [-0.2, 0) is 17.3 Å². The molecule has 6 nitrogen and oxygen atoms in total. The predicted octanol–water partition coefficient (Wildman–Crippen LogP) is 3.81. The van der Waals surface area contributed by atoms with E-state index in [2.05, 4.69) is 11.8 Å². The van der Waals surface area contributed by atoms with Crippen molar-refractivity contribution in [3.63, 3.8) is 0 Å². The molecular formula is C23H30ClN3O3. The summed E-state index contributed by atoms with van der Waals surface area (Å²) in [5, 5.41) is 17.0. The van der Waals surface area contributed by atoms with Crippen molar-refractivity contribution < 1.29 is 14.6 Å². The van der Waals surface area contributed by atoms with Crippen LogP contribution in [0.1, 0.15) is 58.6 Å². The second-order valence-electron chi connectivity index (χ2n) is 10.6. The molecule has 4 bridgehead atoms. The minimum absolute atomic E-state index is 0.0717. The van der Waals surface area contributed by atoms with E-state index in [1.54, 1.807) is 11.8 Å². The summed E-state index contributed by atoms with van der Waals surface area (Å²) in [7, 11) is 3.46. The monoisotopic (exact) mass is 431 g/mol. The Balaban J connectivity index is 1.57. The van der Waals surface area contributed by atoms with Crippen LogP contribution >= 0.6 is 11.6 Å². The molecule has 2 saturated heterocycles. The summed E-state index contributed by atoms with van der Waals surface area (Å²) < 4.78 is 7.19. The van der Waals surface area contributed by atoms with Crippen LogP contribution in [0.15, 0.2) is 12.1 Å². The van der Waals surface area contributed by atoms with Gasteiger partial charge < -0.3 is 14.7 Å². The second kappa shape index (κ2) is 6.13. The van der Waals surface area contributed by atoms with Crippen molar-refractivity contribution in [1.82, 2.24) is 14.7 Å². The van der Waals surface area contributed by atoms with Crippen LogP contribution in [0.25, 0.3) is 10.9 Å². The molecule has 7 heteroatoms. The molecular weight excluding hydrogens is 402 g/mol. The number of hydrogen-bond acceptors (Lipinski definition) is 4. The van der Waals surface area contributed by atoms with Gasteiger partial charge in [-0.15, -0.1) is 0 Å². The Morgan fingerprint density at radius 1 is 1.27 bits per heavy atom. The van der Waals surface area contributed by atoms with Crippen molar-refractivity contribution in [2.45, 2.75) is 76.0 Å². The molecule has 6 rings (SSSR count). The third-order valence-electron chi connectivity index (χ3n) is 7.73. The molecule has 2 aliphatic carbocycles. The van der Waals surface area contributed by atoms with Crippen molar-refractivity contribution in [1.29, 1.82) is 0 Å². The first-order valence-corrected chi connectivity index (χ1v) is 11.1. The Labute approximate surface area is 182 Å². The molecule has 30 heavy (non-hydrogen) atoms. The fourth-order valence-electron chi connectivity index (χ4n) is 6.75. The van der Waals surface area contributed by atoms with Gasteiger partial charge in [0.2, 0.25) is 5.91 Å². The van der Waals surface area contributed by atoms with Crippen molar-refractivity contribution in [3.8, 4) is 5.75 Å². The lowest BCUT2D eigenvalue weighted by Crippen LogP contribution is -2.69. The van der Waals surface area contributed by atoms with Gasteiger partial charge in [0.05, 0.1) is 34.4 Å². The highest BCUT2D eigenvalue weighted by molar-refractivity contribution is 6.37. The van der Waals surface area contributed by atoms with E-state index in [1.807, 2.05) is 33.0 Å². The molecule has 2 saturated carbocycles. The van der Waals surface area contributed by atoms with Gasteiger partial charge in [-0.25, -0.2) is 0 Å². The minimum Gasteiger partial charge on any atom is -0.495 e. The van der Waals surface area contributed by atoms with Crippen molar-refractivity contribution in [3.05, 3.63) is 22.8 Å². The first kappa shape index (κ1) is 20.1. The SMILES string of the molecule is COc1ccc2c(c(C(C)(C)C(=O)N3C4CC5(C)CC3CC(O)(C4)C5)nn2C)c1Cl. The lowest BCUT2D eigenvalue weighted by molar-refractivity contribution is -0.196. The number of halogens is 1. The molecule has 2 aliphatic heterocycles. The molecule has 1 aromatic heterocycles. The van der Waals surface area contributed by atoms with E-state index in [4.69, 9.17) is 21.4 Å². The van der Waals surface area contributed by atoms with E-state index < -0.39 is 11.0 Å². The number of piperidine rings is 2. The topological polar surface area (TPSA) is 67.6 Å². The fourth-order valence-corrected chi connectivity index (χ4v) is 7.07. The quantitative estimate of drug-likeness (QED) is 0.802. The smallest absolute Gasteiger partial charge is 0.234 e. The number of carbonyl (C=O) groups excluding carboxylic acids is 1. The van der Waals surface area contributed by atoms with Crippen molar-refractivity contribution >= 4 is 28.4 Å². The van der Waals surface area contributed by atoms with Crippen LogP contribution in [0, 0.1) is 5.41 Å². The Morgan fingerprint density at radius 2 is 1.90 bits per heavy atom. The summed E-state index contributed by atoms with van der Waals surface area (Å²) >= 11 is 6.68. The van der Waals surface area contributed by atoms with Gasteiger partial charge in [0.15, 0.2) is 0 Å². The van der Waals surface area contributed by atoms with E-state index in [9.17, 15) is 9.90 Å². The molecule has 2 aromatic rings. The molecule has 1 N–H and O–H groups in total. The number of aryl methyl sites for hydroxylation is 1. The van der Waals surface area contributed by atoms with Crippen LogP contribution < -0.4 is 4.74 Å². The highest BCUT2D eigenvalue weighted by Gasteiger charge is 2.60. The lowest BCUT2D eigenvalue weighted by Gasteiger charge is -2.64. The van der Waals surface area contributed by atoms with Crippen LogP contribution in [0.5, 0.6) is 5.75 Å². The van der Waals surface area contributed by atoms with Crippen molar-refractivity contribution in [2.75, 3.05) is 7.11 Å². The average molecular weight is 432 g/mol. The first-order valence-electron chi connectivity index (χ1n) is 10.7. The molecule has 4 aliphatic rings. The molecule has 0 spiro atoms. The molecule has 1 aromatic carbocycles. The van der Waals surface area contributed by atoms with E-state index in [1.165, 1.54) is 0 Å². The molecule has 2 unspecified atom stereocenters. The summed E-state index contributed by atoms with van der Waals surface area (Å²) in [6.45, 7) is 6.14. The minimum atomic E-state index is -0.853. The van der Waals surface area contributed by atoms with Gasteiger partial charge in [-0.05, 0) is 63.5 Å². The summed E-state index contributed by atoms with van der Waals surface area (Å²) in [5.41, 5.74) is 0.214. The summed E-state index contributed by atoms with van der Waals surface area (Å²) in [6.07, 6.45) is 4.14. The number of aliphatic hydroxyl groups is 1. The molecule has 3 heterocycles. The van der Waals surface area contributed by atoms with E-state index in [0.717, 1.165) is 30.2 Å². The number of aromatic nitrogens is 2. The normalized spacial score (nSPS) is 32.8. The first-order chi connectivity index (χ1) is 14.0. The molecule has 4 fully saturated rings. The maximum atomic E-state index is 14.0. The number of benzene rings is 1. The van der Waals surface area contributed by atoms with Gasteiger partial charge in [0.1, 0.15) is 5.75 Å². The predicted molar refractivity (Wildman–Crippen MR) is 116 cm³/mol. The Morgan fingerprint density at radius 3 is 2.47 bits per heavy atom. The van der Waals surface area contributed by atoms with E-state index >= 15 is 0 Å². The highest BCUT2D eigenvalue weighted by Crippen LogP contribution is 2.58. The number of rotatable bonds is 3. The molecule has 1 amide bonds. The standard InChI is InChI=1S/C23H30ClN3O3/c1-21(2,19-17-15(26(4)25-19)6-7-16(30-5)18(17)24)20(28)27-13-8-22(3)9-14(27)11-23(29,10-13)12-22/h6-7,13-14,29H,8-12H2,1-5H3. The van der Waals surface area contributed by atoms with Crippen molar-refractivity contribution in [2.24, 2.45) is 12.5 Å². The van der Waals surface area contributed by atoms with Gasteiger partial charge in [0.25, 0.3) is 0 Å². The van der Waals surface area contributed by atoms with Crippen LogP contribution in [0.4, 0.5) is 0 Å². The Hall–Kier alpha value is -1.79. The summed E-state index contributed by atoms with van der Waals surface area (Å²) in [4.78, 5) is 16.1. The maximum absolute atomic E-state index is 14.0. The van der Waals surface area contributed by atoms with E-state index in [0.29, 0.717) is 29.3 Å².